The Hall–Kier alpha value is -1.38. The van der Waals surface area contributed by atoms with Crippen molar-refractivity contribution in [1.82, 2.24) is 25.0 Å². The van der Waals surface area contributed by atoms with Gasteiger partial charge in [0.2, 0.25) is 11.8 Å². The molecule has 1 unspecified atom stereocenters. The second kappa shape index (κ2) is 11.3. The van der Waals surface area contributed by atoms with Gasteiger partial charge in [-0.05, 0) is 24.7 Å². The highest BCUT2D eigenvalue weighted by molar-refractivity contribution is 5.87. The quantitative estimate of drug-likeness (QED) is 0.728. The standard InChI is InChI=1S/C15H26N6O2.2ClH/c1-11(2)14(16)15(23)18-6-13(22)20-5-3-4-12(7-20)8-21-10-17-9-19-21;;/h9-12,14H,3-8,16H2,1-2H3,(H,18,23);2*1H/t12?,14-;;/m0../s1. The molecule has 0 aliphatic carbocycles. The van der Waals surface area contributed by atoms with Crippen molar-refractivity contribution in [2.24, 2.45) is 17.6 Å². The highest BCUT2D eigenvalue weighted by Crippen LogP contribution is 2.17. The van der Waals surface area contributed by atoms with Gasteiger partial charge in [-0.2, -0.15) is 5.10 Å². The molecule has 1 saturated heterocycles. The SMILES string of the molecule is CC(C)[C@H](N)C(=O)NCC(=O)N1CCCC(Cn2cncn2)C1.Cl.Cl. The van der Waals surface area contributed by atoms with Gasteiger partial charge in [0.15, 0.2) is 0 Å². The van der Waals surface area contributed by atoms with Gasteiger partial charge in [-0.1, -0.05) is 13.8 Å². The topological polar surface area (TPSA) is 106 Å². The number of nitrogens with two attached hydrogens (primary N) is 1. The molecule has 2 amide bonds. The van der Waals surface area contributed by atoms with Crippen LogP contribution in [0, 0.1) is 11.8 Å². The van der Waals surface area contributed by atoms with E-state index in [0.717, 1.165) is 25.9 Å². The summed E-state index contributed by atoms with van der Waals surface area (Å²) in [5.41, 5.74) is 5.77. The van der Waals surface area contributed by atoms with Gasteiger partial charge in [0.05, 0.1) is 12.6 Å². The van der Waals surface area contributed by atoms with Crippen molar-refractivity contribution in [2.45, 2.75) is 39.3 Å². The number of amides is 2. The third-order valence-electron chi connectivity index (χ3n) is 4.22. The van der Waals surface area contributed by atoms with Gasteiger partial charge in [-0.25, -0.2) is 4.98 Å². The number of carbonyl (C=O) groups is 2. The van der Waals surface area contributed by atoms with E-state index in [4.69, 9.17) is 5.73 Å². The van der Waals surface area contributed by atoms with Crippen LogP contribution in [0.1, 0.15) is 26.7 Å². The zero-order chi connectivity index (χ0) is 16.8. The number of carbonyl (C=O) groups excluding carboxylic acids is 2. The molecular formula is C15H28Cl2N6O2. The van der Waals surface area contributed by atoms with E-state index in [1.807, 2.05) is 18.7 Å². The monoisotopic (exact) mass is 394 g/mol. The van der Waals surface area contributed by atoms with Crippen LogP contribution in [-0.2, 0) is 16.1 Å². The van der Waals surface area contributed by atoms with Crippen LogP contribution in [0.15, 0.2) is 12.7 Å². The minimum Gasteiger partial charge on any atom is -0.346 e. The molecule has 25 heavy (non-hydrogen) atoms. The van der Waals surface area contributed by atoms with Crippen LogP contribution in [0.3, 0.4) is 0 Å². The number of aromatic nitrogens is 3. The van der Waals surface area contributed by atoms with Gasteiger partial charge >= 0.3 is 0 Å². The molecule has 1 aromatic heterocycles. The number of hydrogen-bond acceptors (Lipinski definition) is 5. The molecule has 1 aromatic rings. The Morgan fingerprint density at radius 1 is 1.36 bits per heavy atom. The van der Waals surface area contributed by atoms with Gasteiger partial charge in [-0.3, -0.25) is 14.3 Å². The van der Waals surface area contributed by atoms with Crippen LogP contribution in [0.25, 0.3) is 0 Å². The molecular weight excluding hydrogens is 367 g/mol. The Morgan fingerprint density at radius 3 is 2.68 bits per heavy atom. The predicted octanol–water partition coefficient (Wildman–Crippen LogP) is 0.460. The lowest BCUT2D eigenvalue weighted by Crippen LogP contribution is -2.49. The van der Waals surface area contributed by atoms with E-state index in [9.17, 15) is 9.59 Å². The van der Waals surface area contributed by atoms with E-state index in [1.54, 1.807) is 11.0 Å². The van der Waals surface area contributed by atoms with E-state index in [-0.39, 0.29) is 49.1 Å². The molecule has 1 aliphatic rings. The maximum Gasteiger partial charge on any atom is 0.241 e. The van der Waals surface area contributed by atoms with E-state index >= 15 is 0 Å². The average molecular weight is 395 g/mol. The van der Waals surface area contributed by atoms with Crippen molar-refractivity contribution in [1.29, 1.82) is 0 Å². The smallest absolute Gasteiger partial charge is 0.241 e. The Morgan fingerprint density at radius 2 is 2.08 bits per heavy atom. The Balaban J connectivity index is 0.00000288. The summed E-state index contributed by atoms with van der Waals surface area (Å²) in [6, 6.07) is -0.579. The molecule has 0 saturated carbocycles. The third kappa shape index (κ3) is 7.17. The van der Waals surface area contributed by atoms with E-state index < -0.39 is 6.04 Å². The number of likely N-dealkylation sites (tertiary alicyclic amines) is 1. The van der Waals surface area contributed by atoms with Crippen LogP contribution < -0.4 is 11.1 Å². The van der Waals surface area contributed by atoms with Crippen molar-refractivity contribution in [3.63, 3.8) is 0 Å². The molecule has 2 rings (SSSR count). The lowest BCUT2D eigenvalue weighted by Gasteiger charge is -2.32. The molecule has 10 heteroatoms. The zero-order valence-corrected chi connectivity index (χ0v) is 16.3. The summed E-state index contributed by atoms with van der Waals surface area (Å²) < 4.78 is 1.79. The Labute approximate surface area is 160 Å². The second-order valence-electron chi connectivity index (χ2n) is 6.45. The summed E-state index contributed by atoms with van der Waals surface area (Å²) in [7, 11) is 0. The van der Waals surface area contributed by atoms with Gasteiger partial charge in [0.25, 0.3) is 0 Å². The molecule has 144 valence electrons. The van der Waals surface area contributed by atoms with Gasteiger partial charge < -0.3 is 16.0 Å². The minimum atomic E-state index is -0.579. The summed E-state index contributed by atoms with van der Waals surface area (Å²) >= 11 is 0. The zero-order valence-electron chi connectivity index (χ0n) is 14.6. The van der Waals surface area contributed by atoms with Gasteiger partial charge in [-0.15, -0.1) is 24.8 Å². The summed E-state index contributed by atoms with van der Waals surface area (Å²) in [4.78, 5) is 29.8. The molecule has 2 heterocycles. The van der Waals surface area contributed by atoms with Crippen molar-refractivity contribution in [3.8, 4) is 0 Å². The lowest BCUT2D eigenvalue weighted by molar-refractivity contribution is -0.134. The molecule has 8 nitrogen and oxygen atoms in total. The fourth-order valence-electron chi connectivity index (χ4n) is 2.73. The van der Waals surface area contributed by atoms with E-state index in [1.165, 1.54) is 6.33 Å². The van der Waals surface area contributed by atoms with Gasteiger partial charge in [0.1, 0.15) is 12.7 Å². The second-order valence-corrected chi connectivity index (χ2v) is 6.45. The highest BCUT2D eigenvalue weighted by Gasteiger charge is 2.25. The fraction of sp³-hybridized carbons (Fsp3) is 0.733. The number of piperidine rings is 1. The van der Waals surface area contributed by atoms with Crippen molar-refractivity contribution in [3.05, 3.63) is 12.7 Å². The molecule has 0 spiro atoms. The molecule has 3 N–H and O–H groups in total. The lowest BCUT2D eigenvalue weighted by atomic mass is 9.98. The summed E-state index contributed by atoms with van der Waals surface area (Å²) in [6.45, 7) is 5.95. The Bertz CT molecular complexity index is 526. The molecule has 0 bridgehead atoms. The minimum absolute atomic E-state index is 0. The van der Waals surface area contributed by atoms with Crippen molar-refractivity contribution >= 4 is 36.6 Å². The van der Waals surface area contributed by atoms with Crippen LogP contribution in [0.4, 0.5) is 0 Å². The van der Waals surface area contributed by atoms with E-state index in [0.29, 0.717) is 12.5 Å². The molecule has 0 aromatic carbocycles. The first kappa shape index (κ1) is 23.6. The number of nitrogens with one attached hydrogen (secondary N) is 1. The van der Waals surface area contributed by atoms with Crippen LogP contribution in [-0.4, -0.2) is 57.2 Å². The maximum atomic E-state index is 12.3. The first-order valence-corrected chi connectivity index (χ1v) is 8.11. The highest BCUT2D eigenvalue weighted by atomic mass is 35.5. The molecule has 1 aliphatic heterocycles. The summed E-state index contributed by atoms with van der Waals surface area (Å²) in [6.07, 6.45) is 5.23. The molecule has 1 fully saturated rings. The molecule has 0 radical (unpaired) electrons. The van der Waals surface area contributed by atoms with Crippen molar-refractivity contribution < 1.29 is 9.59 Å². The third-order valence-corrected chi connectivity index (χ3v) is 4.22. The van der Waals surface area contributed by atoms with Crippen LogP contribution in [0.2, 0.25) is 0 Å². The van der Waals surface area contributed by atoms with Gasteiger partial charge in [0, 0.05) is 19.6 Å². The predicted molar refractivity (Wildman–Crippen MR) is 99.6 cm³/mol. The molecule has 2 atom stereocenters. The first-order chi connectivity index (χ1) is 11.0. The van der Waals surface area contributed by atoms with Crippen LogP contribution >= 0.6 is 24.8 Å². The largest absolute Gasteiger partial charge is 0.346 e. The normalized spacial score (nSPS) is 18.1. The number of hydrogen-bond donors (Lipinski definition) is 2. The number of nitrogens with zero attached hydrogens (tertiary/aromatic N) is 4. The van der Waals surface area contributed by atoms with E-state index in [2.05, 4.69) is 15.4 Å². The number of rotatable bonds is 6. The summed E-state index contributed by atoms with van der Waals surface area (Å²) in [5, 5.41) is 6.75. The first-order valence-electron chi connectivity index (χ1n) is 8.11. The van der Waals surface area contributed by atoms with Crippen molar-refractivity contribution in [2.75, 3.05) is 19.6 Å². The van der Waals surface area contributed by atoms with Crippen LogP contribution in [0.5, 0.6) is 0 Å². The maximum absolute atomic E-state index is 12.3. The fourth-order valence-corrected chi connectivity index (χ4v) is 2.73. The summed E-state index contributed by atoms with van der Waals surface area (Å²) in [5.74, 6) is 0.0808. The number of halogens is 2. The average Bonchev–Trinajstić information content (AvgIpc) is 3.04. The Kier molecular flexibility index (Phi) is 10.7.